The molecule has 1 aromatic carbocycles. The van der Waals surface area contributed by atoms with Crippen molar-refractivity contribution in [3.05, 3.63) is 41.0 Å². The maximum absolute atomic E-state index is 13.4. The van der Waals surface area contributed by atoms with Gasteiger partial charge < -0.3 is 0 Å². The number of carbonyl (C=O) groups excluding carboxylic acids is 1. The summed E-state index contributed by atoms with van der Waals surface area (Å²) in [5, 5.41) is 7.64. The lowest BCUT2D eigenvalue weighted by molar-refractivity contribution is 0.101. The molecular formula is C12H12FN3O. The van der Waals surface area contributed by atoms with Gasteiger partial charge in [0.25, 0.3) is 0 Å². The van der Waals surface area contributed by atoms with Crippen LogP contribution in [0.1, 0.15) is 28.7 Å². The Balaban J connectivity index is 2.53. The van der Waals surface area contributed by atoms with Gasteiger partial charge in [0, 0.05) is 6.92 Å². The Labute approximate surface area is 98.1 Å². The van der Waals surface area contributed by atoms with Crippen molar-refractivity contribution in [3.8, 4) is 5.69 Å². The van der Waals surface area contributed by atoms with E-state index in [4.69, 9.17) is 0 Å². The van der Waals surface area contributed by atoms with E-state index in [0.29, 0.717) is 22.6 Å². The molecule has 0 amide bonds. The molecule has 0 saturated heterocycles. The highest BCUT2D eigenvalue weighted by Gasteiger charge is 2.14. The molecule has 0 radical (unpaired) electrons. The lowest BCUT2D eigenvalue weighted by atomic mass is 10.2. The second kappa shape index (κ2) is 4.08. The zero-order valence-electron chi connectivity index (χ0n) is 9.86. The van der Waals surface area contributed by atoms with Crippen LogP contribution in [0.2, 0.25) is 0 Å². The van der Waals surface area contributed by atoms with E-state index in [1.54, 1.807) is 26.0 Å². The van der Waals surface area contributed by atoms with Crippen molar-refractivity contribution in [1.82, 2.24) is 15.0 Å². The number of nitrogens with zero attached hydrogens (tertiary/aromatic N) is 3. The largest absolute Gasteiger partial charge is 0.293 e. The van der Waals surface area contributed by atoms with E-state index in [2.05, 4.69) is 10.3 Å². The minimum absolute atomic E-state index is 0.152. The topological polar surface area (TPSA) is 47.8 Å². The van der Waals surface area contributed by atoms with Crippen LogP contribution in [-0.4, -0.2) is 20.8 Å². The number of ketones is 1. The minimum Gasteiger partial charge on any atom is -0.293 e. The van der Waals surface area contributed by atoms with Gasteiger partial charge in [-0.2, -0.15) is 0 Å². The molecule has 0 N–H and O–H groups in total. The van der Waals surface area contributed by atoms with Gasteiger partial charge in [-0.15, -0.1) is 5.10 Å². The third-order valence-corrected chi connectivity index (χ3v) is 2.63. The molecule has 17 heavy (non-hydrogen) atoms. The molecule has 0 bridgehead atoms. The zero-order valence-corrected chi connectivity index (χ0v) is 9.86. The van der Waals surface area contributed by atoms with Crippen molar-refractivity contribution in [3.63, 3.8) is 0 Å². The van der Waals surface area contributed by atoms with Crippen molar-refractivity contribution in [2.24, 2.45) is 0 Å². The van der Waals surface area contributed by atoms with Crippen LogP contribution in [0.3, 0.4) is 0 Å². The Morgan fingerprint density at radius 2 is 2.06 bits per heavy atom. The molecule has 0 aliphatic carbocycles. The van der Waals surface area contributed by atoms with Crippen LogP contribution in [0.4, 0.5) is 4.39 Å². The van der Waals surface area contributed by atoms with Crippen LogP contribution in [0.15, 0.2) is 18.2 Å². The van der Waals surface area contributed by atoms with Crippen molar-refractivity contribution in [1.29, 1.82) is 0 Å². The van der Waals surface area contributed by atoms with E-state index in [1.165, 1.54) is 17.7 Å². The number of hydrogen-bond acceptors (Lipinski definition) is 3. The molecular weight excluding hydrogens is 221 g/mol. The van der Waals surface area contributed by atoms with E-state index >= 15 is 0 Å². The lowest BCUT2D eigenvalue weighted by Crippen LogP contribution is -2.02. The third-order valence-electron chi connectivity index (χ3n) is 2.63. The summed E-state index contributed by atoms with van der Waals surface area (Å²) in [6.07, 6.45) is 0. The van der Waals surface area contributed by atoms with Crippen LogP contribution in [0, 0.1) is 19.7 Å². The van der Waals surface area contributed by atoms with Gasteiger partial charge in [-0.1, -0.05) is 11.3 Å². The number of aromatic nitrogens is 3. The van der Waals surface area contributed by atoms with Crippen molar-refractivity contribution in [2.45, 2.75) is 20.8 Å². The number of aryl methyl sites for hydroxylation is 1. The molecule has 0 fully saturated rings. The second-order valence-corrected chi connectivity index (χ2v) is 3.92. The van der Waals surface area contributed by atoms with Gasteiger partial charge in [0.05, 0.1) is 11.4 Å². The number of Topliss-reactive ketones (excluding diaryl/α,β-unsaturated/α-hetero) is 1. The van der Waals surface area contributed by atoms with Crippen LogP contribution in [0.5, 0.6) is 0 Å². The highest BCUT2D eigenvalue weighted by molar-refractivity contribution is 5.93. The monoisotopic (exact) mass is 233 g/mol. The van der Waals surface area contributed by atoms with E-state index < -0.39 is 0 Å². The molecule has 1 heterocycles. The van der Waals surface area contributed by atoms with Crippen LogP contribution < -0.4 is 0 Å². The van der Waals surface area contributed by atoms with Gasteiger partial charge in [-0.3, -0.25) is 4.79 Å². The van der Waals surface area contributed by atoms with Gasteiger partial charge in [0.2, 0.25) is 0 Å². The maximum Gasteiger partial charge on any atom is 0.181 e. The first-order chi connectivity index (χ1) is 8.00. The predicted molar refractivity (Wildman–Crippen MR) is 60.8 cm³/mol. The quantitative estimate of drug-likeness (QED) is 0.747. The maximum atomic E-state index is 13.4. The van der Waals surface area contributed by atoms with Crippen molar-refractivity contribution >= 4 is 5.78 Å². The summed E-state index contributed by atoms with van der Waals surface area (Å²) < 4.78 is 14.9. The number of hydrogen-bond donors (Lipinski definition) is 0. The average Bonchev–Trinajstić information content (AvgIpc) is 2.64. The third kappa shape index (κ3) is 1.95. The number of carbonyl (C=O) groups is 1. The molecule has 2 aromatic rings. The molecule has 2 rings (SSSR count). The summed E-state index contributed by atoms with van der Waals surface area (Å²) in [5.74, 6) is -0.455. The highest BCUT2D eigenvalue weighted by atomic mass is 19.1. The van der Waals surface area contributed by atoms with Gasteiger partial charge in [-0.25, -0.2) is 9.07 Å². The molecule has 0 saturated carbocycles. The summed E-state index contributed by atoms with van der Waals surface area (Å²) in [7, 11) is 0. The standard InChI is InChI=1S/C12H12FN3O/c1-7-4-5-10(6-11(7)13)16-8(2)12(9(3)17)14-15-16/h4-6H,1-3H3. The smallest absolute Gasteiger partial charge is 0.181 e. The molecule has 0 atom stereocenters. The van der Waals surface area contributed by atoms with Crippen LogP contribution in [-0.2, 0) is 0 Å². The second-order valence-electron chi connectivity index (χ2n) is 3.92. The fourth-order valence-electron chi connectivity index (χ4n) is 1.61. The summed E-state index contributed by atoms with van der Waals surface area (Å²) in [6, 6.07) is 4.78. The van der Waals surface area contributed by atoms with Gasteiger partial charge in [-0.05, 0) is 31.5 Å². The van der Waals surface area contributed by atoms with E-state index in [0.717, 1.165) is 0 Å². The molecule has 0 spiro atoms. The number of benzene rings is 1. The Morgan fingerprint density at radius 3 is 2.59 bits per heavy atom. The van der Waals surface area contributed by atoms with Gasteiger partial charge in [0.1, 0.15) is 5.82 Å². The molecule has 1 aromatic heterocycles. The molecule has 4 nitrogen and oxygen atoms in total. The minimum atomic E-state index is -0.304. The summed E-state index contributed by atoms with van der Waals surface area (Å²) in [4.78, 5) is 11.2. The van der Waals surface area contributed by atoms with Crippen LogP contribution >= 0.6 is 0 Å². The summed E-state index contributed by atoms with van der Waals surface area (Å²) >= 11 is 0. The first kappa shape index (κ1) is 11.4. The van der Waals surface area contributed by atoms with E-state index in [-0.39, 0.29) is 11.6 Å². The molecule has 0 unspecified atom stereocenters. The fourth-order valence-corrected chi connectivity index (χ4v) is 1.61. The zero-order chi connectivity index (χ0) is 12.6. The van der Waals surface area contributed by atoms with Crippen molar-refractivity contribution in [2.75, 3.05) is 0 Å². The normalized spacial score (nSPS) is 10.6. The highest BCUT2D eigenvalue weighted by Crippen LogP contribution is 2.15. The first-order valence-corrected chi connectivity index (χ1v) is 5.20. The molecule has 88 valence electrons. The average molecular weight is 233 g/mol. The van der Waals surface area contributed by atoms with Gasteiger partial charge in [0.15, 0.2) is 11.5 Å². The number of halogens is 1. The number of rotatable bonds is 2. The molecule has 0 aliphatic rings. The predicted octanol–water partition coefficient (Wildman–Crippen LogP) is 2.23. The Bertz CT molecular complexity index is 589. The summed E-state index contributed by atoms with van der Waals surface area (Å²) in [6.45, 7) is 4.85. The van der Waals surface area contributed by atoms with E-state index in [1.807, 2.05) is 0 Å². The fraction of sp³-hybridized carbons (Fsp3) is 0.250. The van der Waals surface area contributed by atoms with E-state index in [9.17, 15) is 9.18 Å². The Kier molecular flexibility index (Phi) is 2.75. The van der Waals surface area contributed by atoms with Gasteiger partial charge >= 0.3 is 0 Å². The molecule has 5 heteroatoms. The summed E-state index contributed by atoms with van der Waals surface area (Å²) in [5.41, 5.74) is 2.05. The lowest BCUT2D eigenvalue weighted by Gasteiger charge is -2.04. The Morgan fingerprint density at radius 1 is 1.35 bits per heavy atom. The first-order valence-electron chi connectivity index (χ1n) is 5.20. The SMILES string of the molecule is CC(=O)c1nnn(-c2ccc(C)c(F)c2)c1C. The van der Waals surface area contributed by atoms with Crippen LogP contribution in [0.25, 0.3) is 5.69 Å². The van der Waals surface area contributed by atoms with Crippen molar-refractivity contribution < 1.29 is 9.18 Å². The molecule has 0 aliphatic heterocycles. The Hall–Kier alpha value is -2.04.